The van der Waals surface area contributed by atoms with Crippen molar-refractivity contribution in [2.75, 3.05) is 11.1 Å². The van der Waals surface area contributed by atoms with E-state index in [1.54, 1.807) is 6.07 Å². The minimum absolute atomic E-state index is 0.116. The molecule has 134 valence electrons. The van der Waals surface area contributed by atoms with Gasteiger partial charge >= 0.3 is 0 Å². The molecular formula is C17H17FN6OS. The van der Waals surface area contributed by atoms with Crippen LogP contribution in [-0.2, 0) is 5.54 Å². The lowest BCUT2D eigenvalue weighted by molar-refractivity contribution is 0.102. The molecule has 0 unspecified atom stereocenters. The standard InChI is InChI=1S/C17H17FN6OS/c1-17(5-6-26-16(19)24-17)11-7-10(3-4-12(11)18)23-15(25)13-8-22-14(20-2)9-21-13/h3-4,7-9H,2,5-6H2,1H3,(H2,19,24)(H,23,25)/t17-/m0/s1. The molecule has 1 amide bonds. The number of carbonyl (C=O) groups is 1. The second-order valence-corrected chi connectivity index (χ2v) is 7.00. The monoisotopic (exact) mass is 372 g/mol. The van der Waals surface area contributed by atoms with Gasteiger partial charge in [0.05, 0.1) is 17.9 Å². The van der Waals surface area contributed by atoms with Gasteiger partial charge in [-0.1, -0.05) is 11.8 Å². The zero-order chi connectivity index (χ0) is 18.7. The van der Waals surface area contributed by atoms with Gasteiger partial charge < -0.3 is 11.1 Å². The largest absolute Gasteiger partial charge is 0.379 e. The Bertz CT molecular complexity index is 885. The van der Waals surface area contributed by atoms with Crippen LogP contribution in [0.15, 0.2) is 40.6 Å². The lowest BCUT2D eigenvalue weighted by Gasteiger charge is -2.30. The van der Waals surface area contributed by atoms with Crippen molar-refractivity contribution in [2.24, 2.45) is 15.7 Å². The van der Waals surface area contributed by atoms with E-state index in [0.717, 1.165) is 5.75 Å². The lowest BCUT2D eigenvalue weighted by atomic mass is 9.89. The quantitative estimate of drug-likeness (QED) is 0.803. The molecule has 26 heavy (non-hydrogen) atoms. The predicted molar refractivity (Wildman–Crippen MR) is 102 cm³/mol. The Morgan fingerprint density at radius 3 is 2.88 bits per heavy atom. The molecule has 0 aliphatic carbocycles. The van der Waals surface area contributed by atoms with Crippen LogP contribution in [-0.4, -0.2) is 33.5 Å². The molecule has 1 aromatic heterocycles. The Morgan fingerprint density at radius 2 is 2.23 bits per heavy atom. The van der Waals surface area contributed by atoms with E-state index in [4.69, 9.17) is 5.73 Å². The minimum Gasteiger partial charge on any atom is -0.379 e. The Balaban J connectivity index is 1.86. The van der Waals surface area contributed by atoms with E-state index in [9.17, 15) is 9.18 Å². The summed E-state index contributed by atoms with van der Waals surface area (Å²) in [5.74, 6) is 0.221. The molecule has 3 rings (SSSR count). The molecule has 1 atom stereocenters. The number of halogens is 1. The number of benzene rings is 1. The minimum atomic E-state index is -0.767. The third kappa shape index (κ3) is 3.72. The van der Waals surface area contributed by atoms with Crippen molar-refractivity contribution in [1.29, 1.82) is 0 Å². The van der Waals surface area contributed by atoms with Crippen molar-refractivity contribution < 1.29 is 9.18 Å². The summed E-state index contributed by atoms with van der Waals surface area (Å²) >= 11 is 1.44. The maximum atomic E-state index is 14.4. The highest BCUT2D eigenvalue weighted by atomic mass is 32.2. The topological polar surface area (TPSA) is 106 Å². The highest BCUT2D eigenvalue weighted by Gasteiger charge is 2.32. The Kier molecular flexibility index (Phi) is 4.99. The molecular weight excluding hydrogens is 355 g/mol. The van der Waals surface area contributed by atoms with E-state index < -0.39 is 17.3 Å². The smallest absolute Gasteiger partial charge is 0.275 e. The third-order valence-electron chi connectivity index (χ3n) is 4.03. The number of amidine groups is 1. The fraction of sp³-hybridized carbons (Fsp3) is 0.235. The van der Waals surface area contributed by atoms with Crippen LogP contribution in [0.4, 0.5) is 15.9 Å². The number of rotatable bonds is 4. The van der Waals surface area contributed by atoms with Gasteiger partial charge in [0.15, 0.2) is 11.0 Å². The number of hydrogen-bond acceptors (Lipinski definition) is 7. The van der Waals surface area contributed by atoms with Crippen LogP contribution in [0.2, 0.25) is 0 Å². The van der Waals surface area contributed by atoms with Crippen LogP contribution in [0, 0.1) is 5.82 Å². The average molecular weight is 372 g/mol. The number of nitrogens with one attached hydrogen (secondary N) is 1. The number of hydrogen-bond donors (Lipinski definition) is 2. The molecule has 0 bridgehead atoms. The number of nitrogens with zero attached hydrogens (tertiary/aromatic N) is 4. The van der Waals surface area contributed by atoms with Gasteiger partial charge in [-0.25, -0.2) is 19.4 Å². The number of anilines is 1. The van der Waals surface area contributed by atoms with Gasteiger partial charge in [0.2, 0.25) is 0 Å². The molecule has 1 aliphatic rings. The number of aromatic nitrogens is 2. The molecule has 3 N–H and O–H groups in total. The molecule has 2 aromatic rings. The van der Waals surface area contributed by atoms with E-state index >= 15 is 0 Å². The number of amides is 1. The van der Waals surface area contributed by atoms with Crippen molar-refractivity contribution in [1.82, 2.24) is 9.97 Å². The van der Waals surface area contributed by atoms with E-state index in [1.807, 2.05) is 6.92 Å². The van der Waals surface area contributed by atoms with Crippen LogP contribution in [0.3, 0.4) is 0 Å². The van der Waals surface area contributed by atoms with E-state index in [0.29, 0.717) is 28.7 Å². The van der Waals surface area contributed by atoms with Gasteiger partial charge in [-0.2, -0.15) is 0 Å². The fourth-order valence-electron chi connectivity index (χ4n) is 2.61. The van der Waals surface area contributed by atoms with Crippen molar-refractivity contribution >= 4 is 41.1 Å². The van der Waals surface area contributed by atoms with Crippen LogP contribution >= 0.6 is 11.8 Å². The first-order valence-electron chi connectivity index (χ1n) is 7.79. The number of nitrogens with two attached hydrogens (primary N) is 1. The normalized spacial score (nSPS) is 19.5. The second kappa shape index (κ2) is 7.20. The Hall–Kier alpha value is -2.81. The maximum absolute atomic E-state index is 14.4. The molecule has 9 heteroatoms. The molecule has 0 fully saturated rings. The summed E-state index contributed by atoms with van der Waals surface area (Å²) in [5.41, 5.74) is 5.98. The zero-order valence-corrected chi connectivity index (χ0v) is 14.9. The molecule has 0 saturated heterocycles. The lowest BCUT2D eigenvalue weighted by Crippen LogP contribution is -2.29. The zero-order valence-electron chi connectivity index (χ0n) is 14.1. The van der Waals surface area contributed by atoms with E-state index in [2.05, 4.69) is 32.0 Å². The summed E-state index contributed by atoms with van der Waals surface area (Å²) < 4.78 is 14.4. The number of aliphatic imine (C=N–C) groups is 2. The van der Waals surface area contributed by atoms with Crippen molar-refractivity contribution in [3.05, 3.63) is 47.7 Å². The average Bonchev–Trinajstić information content (AvgIpc) is 2.63. The summed E-state index contributed by atoms with van der Waals surface area (Å²) in [6.07, 6.45) is 3.29. The Morgan fingerprint density at radius 1 is 1.42 bits per heavy atom. The fourth-order valence-corrected chi connectivity index (χ4v) is 3.59. The summed E-state index contributed by atoms with van der Waals surface area (Å²) in [4.78, 5) is 28.3. The second-order valence-electron chi connectivity index (χ2n) is 5.89. The molecule has 2 heterocycles. The third-order valence-corrected chi connectivity index (χ3v) is 4.83. The number of carbonyl (C=O) groups excluding carboxylic acids is 1. The van der Waals surface area contributed by atoms with Crippen LogP contribution < -0.4 is 11.1 Å². The highest BCUT2D eigenvalue weighted by molar-refractivity contribution is 8.13. The molecule has 7 nitrogen and oxygen atoms in total. The van der Waals surface area contributed by atoms with Gasteiger partial charge in [0.25, 0.3) is 5.91 Å². The van der Waals surface area contributed by atoms with Gasteiger partial charge in [0.1, 0.15) is 11.5 Å². The van der Waals surface area contributed by atoms with Gasteiger partial charge in [-0.15, -0.1) is 0 Å². The molecule has 0 radical (unpaired) electrons. The molecule has 1 aliphatic heterocycles. The van der Waals surface area contributed by atoms with E-state index in [1.165, 1.54) is 36.3 Å². The first-order chi connectivity index (χ1) is 12.4. The predicted octanol–water partition coefficient (Wildman–Crippen LogP) is 2.87. The van der Waals surface area contributed by atoms with Crippen molar-refractivity contribution in [3.63, 3.8) is 0 Å². The van der Waals surface area contributed by atoms with Gasteiger partial charge in [-0.3, -0.25) is 9.79 Å². The molecule has 1 aromatic carbocycles. The summed E-state index contributed by atoms with van der Waals surface area (Å²) in [7, 11) is 0. The maximum Gasteiger partial charge on any atom is 0.275 e. The SMILES string of the molecule is C=Nc1cnc(C(=O)Nc2ccc(F)c([C@]3(C)CCSC(N)=N3)c2)cn1. The molecule has 0 saturated carbocycles. The number of thioether (sulfide) groups is 1. The Labute approximate surface area is 154 Å². The summed E-state index contributed by atoms with van der Waals surface area (Å²) in [6, 6.07) is 4.37. The highest BCUT2D eigenvalue weighted by Crippen LogP contribution is 2.37. The van der Waals surface area contributed by atoms with Crippen LogP contribution in [0.25, 0.3) is 0 Å². The van der Waals surface area contributed by atoms with Gasteiger partial charge in [0, 0.05) is 17.0 Å². The van der Waals surface area contributed by atoms with Crippen molar-refractivity contribution in [2.45, 2.75) is 18.9 Å². The first kappa shape index (κ1) is 18.0. The van der Waals surface area contributed by atoms with Gasteiger partial charge in [-0.05, 0) is 38.3 Å². The summed E-state index contributed by atoms with van der Waals surface area (Å²) in [5, 5.41) is 3.12. The summed E-state index contributed by atoms with van der Waals surface area (Å²) in [6.45, 7) is 5.17. The molecule has 0 spiro atoms. The first-order valence-corrected chi connectivity index (χ1v) is 8.78. The van der Waals surface area contributed by atoms with Crippen molar-refractivity contribution in [3.8, 4) is 0 Å². The van der Waals surface area contributed by atoms with Crippen LogP contribution in [0.5, 0.6) is 0 Å². The van der Waals surface area contributed by atoms with E-state index in [-0.39, 0.29) is 5.69 Å². The van der Waals surface area contributed by atoms with Crippen LogP contribution in [0.1, 0.15) is 29.4 Å².